The lowest BCUT2D eigenvalue weighted by Gasteiger charge is -2.23. The number of hydrogen-bond acceptors (Lipinski definition) is 4. The maximum atomic E-state index is 12.6. The van der Waals surface area contributed by atoms with Crippen molar-refractivity contribution >= 4 is 23.3 Å². The summed E-state index contributed by atoms with van der Waals surface area (Å²) >= 11 is 0. The molecule has 4 rings (SSSR count). The Hall–Kier alpha value is -2.17. The predicted octanol–water partition coefficient (Wildman–Crippen LogP) is 2.03. The Morgan fingerprint density at radius 1 is 1.27 bits per heavy atom. The molecule has 0 radical (unpaired) electrons. The molecule has 5 heteroatoms. The summed E-state index contributed by atoms with van der Waals surface area (Å²) in [6.45, 7) is 1.49. The van der Waals surface area contributed by atoms with Crippen molar-refractivity contribution in [3.63, 3.8) is 0 Å². The lowest BCUT2D eigenvalue weighted by Crippen LogP contribution is -2.35. The fourth-order valence-corrected chi connectivity index (χ4v) is 4.40. The Bertz CT molecular complexity index is 681. The number of benzene rings is 1. The summed E-state index contributed by atoms with van der Waals surface area (Å²) in [5, 5.41) is 2.87. The third kappa shape index (κ3) is 1.88. The van der Waals surface area contributed by atoms with E-state index in [9.17, 15) is 14.4 Å². The van der Waals surface area contributed by atoms with Crippen molar-refractivity contribution in [1.29, 1.82) is 0 Å². The van der Waals surface area contributed by atoms with E-state index >= 15 is 0 Å². The van der Waals surface area contributed by atoms with Gasteiger partial charge in [-0.1, -0.05) is 12.1 Å². The molecule has 22 heavy (non-hydrogen) atoms. The molecule has 1 aromatic rings. The van der Waals surface area contributed by atoms with Crippen LogP contribution in [-0.2, 0) is 14.3 Å². The maximum Gasteiger partial charge on any atom is 0.310 e. The highest BCUT2D eigenvalue weighted by molar-refractivity contribution is 5.99. The average Bonchev–Trinajstić information content (AvgIpc) is 3.08. The zero-order valence-corrected chi connectivity index (χ0v) is 12.2. The highest BCUT2D eigenvalue weighted by Gasteiger charge is 2.63. The number of hydrogen-bond donors (Lipinski definition) is 1. The largest absolute Gasteiger partial charge is 0.462 e. The molecule has 2 bridgehead atoms. The second-order valence-corrected chi connectivity index (χ2v) is 6.55. The van der Waals surface area contributed by atoms with Crippen LogP contribution in [-0.4, -0.2) is 23.8 Å². The fraction of sp³-hybridized carbons (Fsp3) is 0.471. The highest BCUT2D eigenvalue weighted by Crippen LogP contribution is 2.57. The van der Waals surface area contributed by atoms with E-state index in [0.29, 0.717) is 11.3 Å². The van der Waals surface area contributed by atoms with E-state index < -0.39 is 0 Å². The number of ketones is 1. The number of amides is 1. The zero-order valence-electron chi connectivity index (χ0n) is 12.2. The van der Waals surface area contributed by atoms with Crippen molar-refractivity contribution < 1.29 is 19.1 Å². The molecule has 1 saturated heterocycles. The van der Waals surface area contributed by atoms with Gasteiger partial charge in [0.05, 0.1) is 11.8 Å². The molecule has 3 fully saturated rings. The van der Waals surface area contributed by atoms with Crippen LogP contribution >= 0.6 is 0 Å². The highest BCUT2D eigenvalue weighted by atomic mass is 16.6. The van der Waals surface area contributed by atoms with E-state index in [1.165, 1.54) is 6.92 Å². The number of rotatable bonds is 3. The number of carbonyl (C=O) groups is 3. The van der Waals surface area contributed by atoms with Crippen LogP contribution in [0.3, 0.4) is 0 Å². The van der Waals surface area contributed by atoms with Gasteiger partial charge in [0, 0.05) is 17.2 Å². The minimum Gasteiger partial charge on any atom is -0.462 e. The van der Waals surface area contributed by atoms with Gasteiger partial charge in [-0.15, -0.1) is 0 Å². The molecule has 3 aliphatic rings. The molecule has 5 atom stereocenters. The normalized spacial score (nSPS) is 34.6. The first kappa shape index (κ1) is 13.5. The Kier molecular flexibility index (Phi) is 2.86. The minimum atomic E-state index is -0.294. The number of esters is 1. The number of fused-ring (bicyclic) bond motifs is 1. The summed E-state index contributed by atoms with van der Waals surface area (Å²) < 4.78 is 5.36. The van der Waals surface area contributed by atoms with E-state index in [-0.39, 0.29) is 47.4 Å². The number of carbonyl (C=O) groups excluding carboxylic acids is 3. The fourth-order valence-electron chi connectivity index (χ4n) is 4.40. The Balaban J connectivity index is 1.55. The number of Topliss-reactive ketones (excluding diaryl/α,β-unsaturated/α-hetero) is 1. The number of nitrogens with one attached hydrogen (secondary N) is 1. The SMILES string of the molecule is CC(=O)c1cccc(NC(=O)[C@H]2[C@@H]3C[C@@H]4[C@@H]2C(=O)O[C@@H]4C3)c1. The van der Waals surface area contributed by atoms with Crippen LogP contribution in [0.1, 0.15) is 30.1 Å². The summed E-state index contributed by atoms with van der Waals surface area (Å²) in [6.07, 6.45) is 1.75. The van der Waals surface area contributed by atoms with Gasteiger partial charge in [-0.3, -0.25) is 14.4 Å². The Labute approximate surface area is 128 Å². The van der Waals surface area contributed by atoms with E-state index in [0.717, 1.165) is 12.8 Å². The van der Waals surface area contributed by atoms with Crippen LogP contribution in [0.25, 0.3) is 0 Å². The van der Waals surface area contributed by atoms with Gasteiger partial charge in [-0.2, -0.15) is 0 Å². The predicted molar refractivity (Wildman–Crippen MR) is 78.2 cm³/mol. The van der Waals surface area contributed by atoms with Gasteiger partial charge in [-0.05, 0) is 37.8 Å². The molecule has 5 nitrogen and oxygen atoms in total. The van der Waals surface area contributed by atoms with Crippen molar-refractivity contribution in [3.05, 3.63) is 29.8 Å². The first-order chi connectivity index (χ1) is 10.5. The summed E-state index contributed by atoms with van der Waals surface area (Å²) in [5.41, 5.74) is 1.16. The molecule has 0 spiro atoms. The molecule has 0 aromatic heterocycles. The van der Waals surface area contributed by atoms with Crippen molar-refractivity contribution in [1.82, 2.24) is 0 Å². The molecule has 1 aromatic carbocycles. The monoisotopic (exact) mass is 299 g/mol. The van der Waals surface area contributed by atoms with Gasteiger partial charge in [0.1, 0.15) is 6.10 Å². The maximum absolute atomic E-state index is 12.6. The minimum absolute atomic E-state index is 0.0348. The Morgan fingerprint density at radius 2 is 2.09 bits per heavy atom. The third-order valence-corrected chi connectivity index (χ3v) is 5.32. The van der Waals surface area contributed by atoms with Crippen molar-refractivity contribution in [3.8, 4) is 0 Å². The van der Waals surface area contributed by atoms with Crippen LogP contribution in [0.2, 0.25) is 0 Å². The second-order valence-electron chi connectivity index (χ2n) is 6.55. The smallest absolute Gasteiger partial charge is 0.310 e. The van der Waals surface area contributed by atoms with Gasteiger partial charge in [0.2, 0.25) is 5.91 Å². The molecule has 2 aliphatic carbocycles. The molecule has 1 amide bonds. The summed E-state index contributed by atoms with van der Waals surface area (Å²) in [4.78, 5) is 36.0. The van der Waals surface area contributed by atoms with Gasteiger partial charge in [0.15, 0.2) is 5.78 Å². The van der Waals surface area contributed by atoms with Crippen molar-refractivity contribution in [2.75, 3.05) is 5.32 Å². The number of ether oxygens (including phenoxy) is 1. The number of anilines is 1. The summed E-state index contributed by atoms with van der Waals surface area (Å²) in [7, 11) is 0. The van der Waals surface area contributed by atoms with Gasteiger partial charge >= 0.3 is 5.97 Å². The molecule has 114 valence electrons. The third-order valence-electron chi connectivity index (χ3n) is 5.32. The van der Waals surface area contributed by atoms with Crippen LogP contribution < -0.4 is 5.32 Å². The zero-order chi connectivity index (χ0) is 15.4. The van der Waals surface area contributed by atoms with E-state index in [1.54, 1.807) is 24.3 Å². The molecular weight excluding hydrogens is 282 g/mol. The van der Waals surface area contributed by atoms with Crippen LogP contribution in [0.5, 0.6) is 0 Å². The first-order valence-corrected chi connectivity index (χ1v) is 7.67. The summed E-state index contributed by atoms with van der Waals surface area (Å²) in [6, 6.07) is 6.89. The van der Waals surface area contributed by atoms with Crippen molar-refractivity contribution in [2.45, 2.75) is 25.9 Å². The van der Waals surface area contributed by atoms with Gasteiger partial charge in [-0.25, -0.2) is 0 Å². The molecule has 0 unspecified atom stereocenters. The second kappa shape index (κ2) is 4.66. The average molecular weight is 299 g/mol. The van der Waals surface area contributed by atoms with Crippen LogP contribution in [0, 0.1) is 23.7 Å². The molecule has 1 aliphatic heterocycles. The molecular formula is C17H17NO4. The standard InChI is InChI=1S/C17H17NO4/c1-8(19)9-3-2-4-11(5-9)18-16(20)14-10-6-12-13(7-10)22-17(21)15(12)14/h2-5,10,12-15H,6-7H2,1H3,(H,18,20)/t10-,12+,13-,14+,15+/m1/s1. The lowest BCUT2D eigenvalue weighted by molar-refractivity contribution is -0.145. The van der Waals surface area contributed by atoms with E-state index in [4.69, 9.17) is 4.74 Å². The van der Waals surface area contributed by atoms with Crippen LogP contribution in [0.4, 0.5) is 5.69 Å². The lowest BCUT2D eigenvalue weighted by atomic mass is 9.79. The summed E-state index contributed by atoms with van der Waals surface area (Å²) in [5.74, 6) is -0.502. The van der Waals surface area contributed by atoms with Crippen LogP contribution in [0.15, 0.2) is 24.3 Å². The van der Waals surface area contributed by atoms with E-state index in [1.807, 2.05) is 0 Å². The quantitative estimate of drug-likeness (QED) is 0.684. The van der Waals surface area contributed by atoms with Gasteiger partial charge < -0.3 is 10.1 Å². The molecule has 2 saturated carbocycles. The topological polar surface area (TPSA) is 72.5 Å². The first-order valence-electron chi connectivity index (χ1n) is 7.67. The molecule has 1 N–H and O–H groups in total. The Morgan fingerprint density at radius 3 is 2.86 bits per heavy atom. The van der Waals surface area contributed by atoms with Gasteiger partial charge in [0.25, 0.3) is 0 Å². The molecule has 1 heterocycles. The van der Waals surface area contributed by atoms with Crippen molar-refractivity contribution in [2.24, 2.45) is 23.7 Å². The van der Waals surface area contributed by atoms with E-state index in [2.05, 4.69) is 5.32 Å².